The molecule has 0 atom stereocenters. The molecule has 0 bridgehead atoms. The quantitative estimate of drug-likeness (QED) is 0.721. The number of fused-ring (bicyclic) bond motifs is 1. The number of morpholine rings is 1. The van der Waals surface area contributed by atoms with Crippen LogP contribution in [0, 0.1) is 5.92 Å². The number of anilines is 1. The summed E-state index contributed by atoms with van der Waals surface area (Å²) in [5, 5.41) is 9.02. The normalized spacial score (nSPS) is 22.8. The van der Waals surface area contributed by atoms with Crippen molar-refractivity contribution in [2.24, 2.45) is 5.92 Å². The Morgan fingerprint density at radius 3 is 2.30 bits per heavy atom. The molecule has 1 aliphatic carbocycles. The average Bonchev–Trinajstić information content (AvgIpc) is 3.28. The van der Waals surface area contributed by atoms with E-state index < -0.39 is 5.97 Å². The van der Waals surface area contributed by atoms with Gasteiger partial charge >= 0.3 is 12.0 Å². The molecule has 2 fully saturated rings. The molecule has 0 unspecified atom stereocenters. The summed E-state index contributed by atoms with van der Waals surface area (Å²) in [7, 11) is 0. The highest BCUT2D eigenvalue weighted by Crippen LogP contribution is 2.38. The molecule has 1 saturated heterocycles. The predicted octanol–water partition coefficient (Wildman–Crippen LogP) is 4.92. The van der Waals surface area contributed by atoms with E-state index in [4.69, 9.17) is 9.84 Å². The SMILES string of the molecule is O=C(O)CC1CCC(c2ccc(-c3ccc4c(c3)CCN4C(=O)N3CCOCC3)cc2)CC1. The standard InChI is InChI=1S/C27H32N2O4/c30-26(31)17-19-1-3-20(4-2-19)21-5-7-22(8-6-21)23-9-10-25-24(18-23)11-12-29(25)27(32)28-13-15-33-16-14-28/h5-10,18-20H,1-4,11-17H2,(H,30,31). The van der Waals surface area contributed by atoms with Gasteiger partial charge in [0.15, 0.2) is 0 Å². The second-order valence-electron chi connectivity index (χ2n) is 9.56. The molecule has 2 aromatic rings. The first-order valence-electron chi connectivity index (χ1n) is 12.2. The van der Waals surface area contributed by atoms with Gasteiger partial charge in [0.2, 0.25) is 0 Å². The lowest BCUT2D eigenvalue weighted by atomic mass is 9.77. The van der Waals surface area contributed by atoms with Crippen molar-refractivity contribution in [3.05, 3.63) is 53.6 Å². The summed E-state index contributed by atoms with van der Waals surface area (Å²) in [5.41, 5.74) is 6.00. The number of hydrogen-bond acceptors (Lipinski definition) is 3. The van der Waals surface area contributed by atoms with Gasteiger partial charge in [0.25, 0.3) is 0 Å². The number of carbonyl (C=O) groups is 2. The topological polar surface area (TPSA) is 70.1 Å². The Labute approximate surface area is 195 Å². The third-order valence-corrected chi connectivity index (χ3v) is 7.51. The number of carbonyl (C=O) groups excluding carboxylic acids is 1. The van der Waals surface area contributed by atoms with Gasteiger partial charge in [-0.1, -0.05) is 30.3 Å². The molecule has 3 aliphatic rings. The zero-order valence-electron chi connectivity index (χ0n) is 19.0. The van der Waals surface area contributed by atoms with Crippen molar-refractivity contribution in [2.75, 3.05) is 37.7 Å². The molecule has 1 N–H and O–H groups in total. The second-order valence-corrected chi connectivity index (χ2v) is 9.56. The van der Waals surface area contributed by atoms with Gasteiger partial charge in [-0.15, -0.1) is 0 Å². The van der Waals surface area contributed by atoms with E-state index in [9.17, 15) is 9.59 Å². The number of rotatable bonds is 4. The lowest BCUT2D eigenvalue weighted by molar-refractivity contribution is -0.138. The summed E-state index contributed by atoms with van der Waals surface area (Å²) < 4.78 is 5.38. The molecule has 2 aliphatic heterocycles. The third kappa shape index (κ3) is 4.76. The third-order valence-electron chi connectivity index (χ3n) is 7.51. The zero-order chi connectivity index (χ0) is 22.8. The lowest BCUT2D eigenvalue weighted by Gasteiger charge is -2.31. The molecule has 2 heterocycles. The van der Waals surface area contributed by atoms with Crippen molar-refractivity contribution in [2.45, 2.75) is 44.4 Å². The van der Waals surface area contributed by atoms with Crippen molar-refractivity contribution in [1.82, 2.24) is 4.90 Å². The van der Waals surface area contributed by atoms with Crippen LogP contribution in [-0.2, 0) is 16.0 Å². The van der Waals surface area contributed by atoms with E-state index in [1.54, 1.807) is 0 Å². The van der Waals surface area contributed by atoms with Gasteiger partial charge in [0.1, 0.15) is 0 Å². The van der Waals surface area contributed by atoms with Crippen LogP contribution in [0.15, 0.2) is 42.5 Å². The predicted molar refractivity (Wildman–Crippen MR) is 128 cm³/mol. The smallest absolute Gasteiger partial charge is 0.324 e. The van der Waals surface area contributed by atoms with Gasteiger partial charge in [0, 0.05) is 31.7 Å². The first-order valence-corrected chi connectivity index (χ1v) is 12.2. The Bertz CT molecular complexity index is 1010. The number of nitrogens with zero attached hydrogens (tertiary/aromatic N) is 2. The van der Waals surface area contributed by atoms with Crippen molar-refractivity contribution >= 4 is 17.7 Å². The Morgan fingerprint density at radius 2 is 1.61 bits per heavy atom. The van der Waals surface area contributed by atoms with Gasteiger partial charge < -0.3 is 14.7 Å². The van der Waals surface area contributed by atoms with Gasteiger partial charge in [-0.2, -0.15) is 0 Å². The molecule has 6 nitrogen and oxygen atoms in total. The molecular formula is C27H32N2O4. The minimum absolute atomic E-state index is 0.0900. The highest BCUT2D eigenvalue weighted by molar-refractivity contribution is 5.94. The largest absolute Gasteiger partial charge is 0.481 e. The van der Waals surface area contributed by atoms with Gasteiger partial charge in [0.05, 0.1) is 13.2 Å². The highest BCUT2D eigenvalue weighted by atomic mass is 16.5. The number of hydrogen-bond donors (Lipinski definition) is 1. The monoisotopic (exact) mass is 448 g/mol. The summed E-state index contributed by atoms with van der Waals surface area (Å²) in [6, 6.07) is 15.4. The fourth-order valence-corrected chi connectivity index (χ4v) is 5.60. The Balaban J connectivity index is 1.24. The van der Waals surface area contributed by atoms with Crippen molar-refractivity contribution in [3.8, 4) is 11.1 Å². The van der Waals surface area contributed by atoms with E-state index in [1.807, 2.05) is 9.80 Å². The molecule has 0 spiro atoms. The van der Waals surface area contributed by atoms with E-state index in [0.717, 1.165) is 44.3 Å². The van der Waals surface area contributed by atoms with Crippen LogP contribution >= 0.6 is 0 Å². The first kappa shape index (κ1) is 22.0. The Kier molecular flexibility index (Phi) is 6.36. The summed E-state index contributed by atoms with van der Waals surface area (Å²) in [6.07, 6.45) is 5.34. The maximum absolute atomic E-state index is 12.9. The molecule has 2 aromatic carbocycles. The van der Waals surface area contributed by atoms with Crippen LogP contribution in [0.5, 0.6) is 0 Å². The van der Waals surface area contributed by atoms with Crippen LogP contribution in [0.25, 0.3) is 11.1 Å². The zero-order valence-corrected chi connectivity index (χ0v) is 19.0. The molecular weight excluding hydrogens is 416 g/mol. The van der Waals surface area contributed by atoms with E-state index >= 15 is 0 Å². The minimum atomic E-state index is -0.675. The van der Waals surface area contributed by atoms with Crippen molar-refractivity contribution in [3.63, 3.8) is 0 Å². The average molecular weight is 449 g/mol. The molecule has 0 aromatic heterocycles. The van der Waals surface area contributed by atoms with E-state index in [0.29, 0.717) is 44.6 Å². The molecule has 5 rings (SSSR count). The van der Waals surface area contributed by atoms with E-state index in [-0.39, 0.29) is 6.03 Å². The molecule has 6 heteroatoms. The number of urea groups is 1. The Hall–Kier alpha value is -2.86. The maximum atomic E-state index is 12.9. The van der Waals surface area contributed by atoms with Crippen LogP contribution in [0.1, 0.15) is 49.1 Å². The number of amides is 2. The molecule has 33 heavy (non-hydrogen) atoms. The van der Waals surface area contributed by atoms with Crippen LogP contribution in [-0.4, -0.2) is 54.9 Å². The maximum Gasteiger partial charge on any atom is 0.324 e. The van der Waals surface area contributed by atoms with Crippen LogP contribution in [0.3, 0.4) is 0 Å². The molecule has 1 saturated carbocycles. The van der Waals surface area contributed by atoms with E-state index in [1.165, 1.54) is 22.3 Å². The molecule has 2 amide bonds. The minimum Gasteiger partial charge on any atom is -0.481 e. The number of benzene rings is 2. The van der Waals surface area contributed by atoms with Gasteiger partial charge in [-0.25, -0.2) is 4.79 Å². The van der Waals surface area contributed by atoms with Crippen LogP contribution in [0.4, 0.5) is 10.5 Å². The van der Waals surface area contributed by atoms with Crippen LogP contribution in [0.2, 0.25) is 0 Å². The summed E-state index contributed by atoms with van der Waals surface area (Å²) >= 11 is 0. The second kappa shape index (κ2) is 9.56. The fraction of sp³-hybridized carbons (Fsp3) is 0.481. The lowest BCUT2D eigenvalue weighted by Crippen LogP contribution is -2.47. The number of ether oxygens (including phenoxy) is 1. The summed E-state index contributed by atoms with van der Waals surface area (Å²) in [4.78, 5) is 27.7. The van der Waals surface area contributed by atoms with Crippen LogP contribution < -0.4 is 4.90 Å². The van der Waals surface area contributed by atoms with Crippen molar-refractivity contribution in [1.29, 1.82) is 0 Å². The fourth-order valence-electron chi connectivity index (χ4n) is 5.60. The number of aliphatic carboxylic acids is 1. The van der Waals surface area contributed by atoms with E-state index in [2.05, 4.69) is 42.5 Å². The molecule has 0 radical (unpaired) electrons. The van der Waals surface area contributed by atoms with Gasteiger partial charge in [-0.05, 0) is 78.3 Å². The van der Waals surface area contributed by atoms with Crippen molar-refractivity contribution < 1.29 is 19.4 Å². The summed E-state index contributed by atoms with van der Waals surface area (Å²) in [6.45, 7) is 3.29. The number of carboxylic acids is 1. The Morgan fingerprint density at radius 1 is 0.909 bits per heavy atom. The number of carboxylic acid groups (broad SMARTS) is 1. The van der Waals surface area contributed by atoms with Gasteiger partial charge in [-0.3, -0.25) is 9.69 Å². The first-order chi connectivity index (χ1) is 16.1. The molecule has 174 valence electrons. The highest BCUT2D eigenvalue weighted by Gasteiger charge is 2.29. The summed E-state index contributed by atoms with van der Waals surface area (Å²) in [5.74, 6) is 0.189.